The van der Waals surface area contributed by atoms with Crippen LogP contribution in [0.5, 0.6) is 0 Å². The molecule has 0 aromatic rings. The van der Waals surface area contributed by atoms with Crippen LogP contribution in [0.25, 0.3) is 0 Å². The van der Waals surface area contributed by atoms with E-state index in [1.165, 1.54) is 5.06 Å². The van der Waals surface area contributed by atoms with E-state index in [0.717, 1.165) is 0 Å². The second-order valence-corrected chi connectivity index (χ2v) is 15.3. The van der Waals surface area contributed by atoms with Gasteiger partial charge in [-0.05, 0) is 91.9 Å². The molecule has 1 saturated heterocycles. The highest BCUT2D eigenvalue weighted by Gasteiger charge is 2.52. The van der Waals surface area contributed by atoms with E-state index >= 15 is 0 Å². The van der Waals surface area contributed by atoms with E-state index in [2.05, 4.69) is 10.6 Å². The maximum absolute atomic E-state index is 13.6. The van der Waals surface area contributed by atoms with Gasteiger partial charge in [-0.25, -0.2) is 9.13 Å². The molecule has 2 aliphatic heterocycles. The number of piperidine rings is 1. The average molecular weight is 596 g/mol. The molecule has 39 heavy (non-hydrogen) atoms. The largest absolute Gasteiger partial charge is 0.469 e. The summed E-state index contributed by atoms with van der Waals surface area (Å²) in [4.78, 5) is 50.6. The lowest BCUT2D eigenvalue weighted by molar-refractivity contribution is -0.186. The van der Waals surface area contributed by atoms with E-state index < -0.39 is 50.0 Å². The zero-order valence-corrected chi connectivity index (χ0v) is 24.8. The van der Waals surface area contributed by atoms with Crippen LogP contribution >= 0.6 is 15.6 Å². The molecule has 2 heterocycles. The number of hydrogen-bond acceptors (Lipinski definition) is 8. The molecule has 3 fully saturated rings. The Morgan fingerprint density at radius 1 is 0.897 bits per heavy atom. The standard InChI is InChI=1S/C24H43N3O10P2/c1-21(2)15-19(22(3,4)27(21)29)20(28)25-16-13-23(9-5-17(6-10-23)36-38(30,31)32)26-24(14-16)11-7-18(8-12-24)37-39(33,34)35/h15-18,26,29H,5-14H2,1-4H3,(H,25,28)(H2,30,31,32)(H2,33,34,35). The van der Waals surface area contributed by atoms with Gasteiger partial charge < -0.3 is 35.4 Å². The molecule has 4 rings (SSSR count). The van der Waals surface area contributed by atoms with E-state index in [1.54, 1.807) is 19.9 Å². The van der Waals surface area contributed by atoms with Crippen molar-refractivity contribution in [2.24, 2.45) is 0 Å². The lowest BCUT2D eigenvalue weighted by Crippen LogP contribution is -2.68. The predicted molar refractivity (Wildman–Crippen MR) is 140 cm³/mol. The lowest BCUT2D eigenvalue weighted by Gasteiger charge is -2.56. The second kappa shape index (κ2) is 10.5. The third-order valence-electron chi connectivity index (χ3n) is 8.97. The molecule has 0 atom stereocenters. The van der Waals surface area contributed by atoms with Gasteiger partial charge in [-0.1, -0.05) is 6.08 Å². The molecule has 2 saturated carbocycles. The molecule has 0 unspecified atom stereocenters. The Kier molecular flexibility index (Phi) is 8.45. The topological polar surface area (TPSA) is 198 Å². The molecule has 224 valence electrons. The van der Waals surface area contributed by atoms with Crippen LogP contribution in [-0.2, 0) is 23.0 Å². The SMILES string of the molecule is CC1(C)C=C(C(=O)NC2CC3(CCC(OP(=O)(O)O)CC3)NC3(CCC(OP(=O)(O)O)CC3)C2)C(C)(C)N1O. The summed E-state index contributed by atoms with van der Waals surface area (Å²) in [7, 11) is -9.20. The Morgan fingerprint density at radius 3 is 1.64 bits per heavy atom. The fourth-order valence-electron chi connectivity index (χ4n) is 7.36. The molecule has 0 aromatic carbocycles. The van der Waals surface area contributed by atoms with Crippen molar-refractivity contribution in [2.75, 3.05) is 0 Å². The summed E-state index contributed by atoms with van der Waals surface area (Å²) in [5, 5.41) is 18.9. The number of amides is 1. The minimum Gasteiger partial charge on any atom is -0.349 e. The highest BCUT2D eigenvalue weighted by atomic mass is 31.2. The number of carbonyl (C=O) groups is 1. The van der Waals surface area contributed by atoms with Gasteiger partial charge in [-0.15, -0.1) is 0 Å². The first kappa shape index (κ1) is 31.3. The number of nitrogens with zero attached hydrogens (tertiary/aromatic N) is 1. The summed E-state index contributed by atoms with van der Waals surface area (Å²) in [6.07, 6.45) is 6.09. The number of rotatable bonds is 6. The summed E-state index contributed by atoms with van der Waals surface area (Å²) >= 11 is 0. The van der Waals surface area contributed by atoms with Gasteiger partial charge in [0, 0.05) is 22.7 Å². The van der Waals surface area contributed by atoms with Crippen molar-refractivity contribution in [1.82, 2.24) is 15.7 Å². The Labute approximate surface area is 229 Å². The maximum atomic E-state index is 13.6. The van der Waals surface area contributed by atoms with Crippen LogP contribution in [0.3, 0.4) is 0 Å². The van der Waals surface area contributed by atoms with Crippen molar-refractivity contribution in [3.8, 4) is 0 Å². The predicted octanol–water partition coefficient (Wildman–Crippen LogP) is 2.62. The van der Waals surface area contributed by atoms with Gasteiger partial charge >= 0.3 is 15.6 Å². The van der Waals surface area contributed by atoms with Crippen molar-refractivity contribution in [3.05, 3.63) is 11.6 Å². The van der Waals surface area contributed by atoms with E-state index in [-0.39, 0.29) is 11.9 Å². The van der Waals surface area contributed by atoms with Gasteiger partial charge in [0.2, 0.25) is 5.91 Å². The number of phosphoric acid groups is 2. The van der Waals surface area contributed by atoms with Crippen molar-refractivity contribution in [1.29, 1.82) is 0 Å². The number of hydrogen-bond donors (Lipinski definition) is 7. The first-order chi connectivity index (χ1) is 17.7. The highest BCUT2D eigenvalue weighted by molar-refractivity contribution is 7.46. The Hall–Kier alpha value is -0.690. The molecule has 0 aromatic heterocycles. The monoisotopic (exact) mass is 595 g/mol. The number of hydroxylamine groups is 2. The van der Waals surface area contributed by atoms with Crippen molar-refractivity contribution < 1.29 is 47.8 Å². The molecule has 13 nitrogen and oxygen atoms in total. The van der Waals surface area contributed by atoms with Crippen molar-refractivity contribution >= 4 is 21.6 Å². The van der Waals surface area contributed by atoms with Crippen LogP contribution < -0.4 is 10.6 Å². The van der Waals surface area contributed by atoms with Gasteiger partial charge in [0.25, 0.3) is 0 Å². The number of carbonyl (C=O) groups excluding carboxylic acids is 1. The van der Waals surface area contributed by atoms with Gasteiger partial charge in [0.1, 0.15) is 0 Å². The third kappa shape index (κ3) is 7.21. The van der Waals surface area contributed by atoms with Crippen LogP contribution in [-0.4, -0.2) is 76.2 Å². The van der Waals surface area contributed by atoms with Gasteiger partial charge in [0.15, 0.2) is 0 Å². The molecule has 0 bridgehead atoms. The fourth-order valence-corrected chi connectivity index (χ4v) is 8.56. The van der Waals surface area contributed by atoms with Crippen LogP contribution in [0.4, 0.5) is 0 Å². The van der Waals surface area contributed by atoms with E-state index in [1.807, 2.05) is 13.8 Å². The smallest absolute Gasteiger partial charge is 0.349 e. The molecular weight excluding hydrogens is 552 g/mol. The molecular formula is C24H43N3O10P2. The fraction of sp³-hybridized carbons (Fsp3) is 0.875. The molecule has 2 aliphatic carbocycles. The van der Waals surface area contributed by atoms with Gasteiger partial charge in [0.05, 0.1) is 23.3 Å². The second-order valence-electron chi connectivity index (χ2n) is 12.9. The summed E-state index contributed by atoms with van der Waals surface area (Å²) in [5.74, 6) is -0.251. The molecule has 0 radical (unpaired) electrons. The number of phosphoric ester groups is 2. The van der Waals surface area contributed by atoms with Gasteiger partial charge in [-0.3, -0.25) is 13.8 Å². The highest BCUT2D eigenvalue weighted by Crippen LogP contribution is 2.49. The van der Waals surface area contributed by atoms with Crippen LogP contribution in [0.2, 0.25) is 0 Å². The van der Waals surface area contributed by atoms with E-state index in [0.29, 0.717) is 69.8 Å². The zero-order chi connectivity index (χ0) is 29.1. The maximum Gasteiger partial charge on any atom is 0.469 e. The molecule has 4 aliphatic rings. The van der Waals surface area contributed by atoms with Crippen LogP contribution in [0.15, 0.2) is 11.6 Å². The molecule has 1 amide bonds. The zero-order valence-electron chi connectivity index (χ0n) is 23.0. The van der Waals surface area contributed by atoms with Crippen molar-refractivity contribution in [2.45, 2.75) is 132 Å². The Bertz CT molecular complexity index is 1020. The first-order valence-electron chi connectivity index (χ1n) is 13.5. The normalized spacial score (nSPS) is 37.2. The van der Waals surface area contributed by atoms with E-state index in [4.69, 9.17) is 9.05 Å². The molecule has 2 spiro atoms. The number of nitrogens with one attached hydrogen (secondary N) is 2. The summed E-state index contributed by atoms with van der Waals surface area (Å²) in [6, 6.07) is -0.218. The molecule has 15 heteroatoms. The van der Waals surface area contributed by atoms with Crippen LogP contribution in [0.1, 0.15) is 91.9 Å². The van der Waals surface area contributed by atoms with Crippen molar-refractivity contribution in [3.63, 3.8) is 0 Å². The lowest BCUT2D eigenvalue weighted by atomic mass is 9.65. The minimum absolute atomic E-state index is 0.218. The summed E-state index contributed by atoms with van der Waals surface area (Å²) in [6.45, 7) is 7.26. The van der Waals surface area contributed by atoms with Gasteiger partial charge in [-0.2, -0.15) is 5.06 Å². The Balaban J connectivity index is 1.53. The summed E-state index contributed by atoms with van der Waals surface area (Å²) in [5.41, 5.74) is -1.91. The average Bonchev–Trinajstić information content (AvgIpc) is 2.94. The third-order valence-corrected chi connectivity index (χ3v) is 10.1. The van der Waals surface area contributed by atoms with E-state index in [9.17, 15) is 38.7 Å². The summed E-state index contributed by atoms with van der Waals surface area (Å²) < 4.78 is 32.7. The quantitative estimate of drug-likeness (QED) is 0.222. The minimum atomic E-state index is -4.60. The first-order valence-corrected chi connectivity index (χ1v) is 16.6. The Morgan fingerprint density at radius 2 is 1.31 bits per heavy atom. The molecule has 7 N–H and O–H groups in total. The van der Waals surface area contributed by atoms with Crippen LogP contribution in [0, 0.1) is 0 Å².